The molecule has 0 aliphatic carbocycles. The summed E-state index contributed by atoms with van der Waals surface area (Å²) >= 11 is 8.28. The quantitative estimate of drug-likeness (QED) is 0.292. The normalized spacial score (nSPS) is 18.8. The van der Waals surface area contributed by atoms with Gasteiger partial charge >= 0.3 is 11.9 Å². The molecule has 9 nitrogen and oxygen atoms in total. The van der Waals surface area contributed by atoms with Crippen molar-refractivity contribution in [3.05, 3.63) is 96.2 Å². The molecule has 0 spiro atoms. The summed E-state index contributed by atoms with van der Waals surface area (Å²) in [6.07, 6.45) is 1.68. The summed E-state index contributed by atoms with van der Waals surface area (Å²) in [4.78, 5) is 39.0. The third-order valence-corrected chi connectivity index (χ3v) is 9.08. The van der Waals surface area contributed by atoms with Crippen LogP contribution in [0.4, 0.5) is 4.39 Å². The Balaban J connectivity index is 1.44. The van der Waals surface area contributed by atoms with Gasteiger partial charge in [-0.2, -0.15) is 0 Å². The number of piperazine rings is 1. The summed E-state index contributed by atoms with van der Waals surface area (Å²) in [6.45, 7) is 4.50. The molecule has 13 heteroatoms. The fourth-order valence-electron chi connectivity index (χ4n) is 5.12. The molecule has 2 aromatic carbocycles. The van der Waals surface area contributed by atoms with Gasteiger partial charge in [0, 0.05) is 58.9 Å². The lowest BCUT2D eigenvalue weighted by molar-refractivity contribution is -0.144. The van der Waals surface area contributed by atoms with E-state index in [0.29, 0.717) is 64.9 Å². The van der Waals surface area contributed by atoms with E-state index in [1.807, 2.05) is 34.5 Å². The lowest BCUT2D eigenvalue weighted by Gasteiger charge is -2.39. The monoisotopic (exact) mass is 719 g/mol. The van der Waals surface area contributed by atoms with E-state index in [9.17, 15) is 19.1 Å². The zero-order valence-corrected chi connectivity index (χ0v) is 26.6. The van der Waals surface area contributed by atoms with Gasteiger partial charge in [-0.25, -0.2) is 14.2 Å². The van der Waals surface area contributed by atoms with Crippen molar-refractivity contribution in [3.8, 4) is 0 Å². The van der Waals surface area contributed by atoms with Crippen LogP contribution in [0.5, 0.6) is 0 Å². The summed E-state index contributed by atoms with van der Waals surface area (Å²) in [5.74, 6) is -1.31. The van der Waals surface area contributed by atoms with Crippen molar-refractivity contribution in [2.45, 2.75) is 19.0 Å². The Morgan fingerprint density at radius 2 is 1.90 bits per heavy atom. The van der Waals surface area contributed by atoms with Gasteiger partial charge in [-0.3, -0.25) is 19.6 Å². The van der Waals surface area contributed by atoms with Crippen molar-refractivity contribution in [3.63, 3.8) is 0 Å². The number of nitrogens with zero attached hydrogens (tertiary/aromatic N) is 4. The maximum atomic E-state index is 14.0. The Kier molecular flexibility index (Phi) is 9.84. The van der Waals surface area contributed by atoms with Crippen LogP contribution < -0.4 is 5.32 Å². The number of benzene rings is 2. The summed E-state index contributed by atoms with van der Waals surface area (Å²) in [6, 6.07) is 10.1. The molecule has 2 atom stereocenters. The second-order valence-corrected chi connectivity index (χ2v) is 12.4. The van der Waals surface area contributed by atoms with Gasteiger partial charge in [-0.05, 0) is 42.3 Å². The molecule has 2 unspecified atom stereocenters. The Morgan fingerprint density at radius 3 is 2.52 bits per heavy atom. The number of carbonyl (C=O) groups excluding carboxylic acids is 1. The predicted molar refractivity (Wildman–Crippen MR) is 165 cm³/mol. The highest BCUT2D eigenvalue weighted by Crippen LogP contribution is 2.37. The number of aliphatic imine (C=N–C) groups is 1. The highest BCUT2D eigenvalue weighted by molar-refractivity contribution is 9.10. The molecule has 3 heterocycles. The third-order valence-electron chi connectivity index (χ3n) is 7.09. The van der Waals surface area contributed by atoms with Gasteiger partial charge < -0.3 is 15.2 Å². The van der Waals surface area contributed by atoms with E-state index in [1.54, 1.807) is 19.2 Å². The maximum Gasteiger partial charge on any atom is 0.338 e. The van der Waals surface area contributed by atoms with E-state index >= 15 is 0 Å². The molecule has 1 aromatic heterocycles. The molecular formula is C29H28Br2FN5O4S. The van der Waals surface area contributed by atoms with E-state index in [4.69, 9.17) is 9.73 Å². The summed E-state index contributed by atoms with van der Waals surface area (Å²) in [5.41, 5.74) is 2.30. The van der Waals surface area contributed by atoms with Crippen LogP contribution in [0, 0.1) is 5.82 Å². The number of ether oxygens (including phenoxy) is 1. The first kappa shape index (κ1) is 30.5. The number of carboxylic acid groups (broad SMARTS) is 1. The second-order valence-electron chi connectivity index (χ2n) is 9.73. The molecular weight excluding hydrogens is 693 g/mol. The second kappa shape index (κ2) is 13.6. The first-order chi connectivity index (χ1) is 20.2. The highest BCUT2D eigenvalue weighted by atomic mass is 79.9. The van der Waals surface area contributed by atoms with E-state index in [0.717, 1.165) is 10.0 Å². The lowest BCUT2D eigenvalue weighted by Crippen LogP contribution is -2.51. The molecule has 1 saturated heterocycles. The Hall–Kier alpha value is -2.97. The Bertz CT molecular complexity index is 1510. The van der Waals surface area contributed by atoms with Gasteiger partial charge in [0.2, 0.25) is 0 Å². The molecule has 2 aliphatic rings. The number of aromatic nitrogens is 1. The van der Waals surface area contributed by atoms with Gasteiger partial charge in [0.25, 0.3) is 0 Å². The molecule has 0 amide bonds. The molecule has 3 aromatic rings. The largest absolute Gasteiger partial charge is 0.480 e. The van der Waals surface area contributed by atoms with Crippen LogP contribution in [0.3, 0.4) is 0 Å². The Morgan fingerprint density at radius 1 is 1.17 bits per heavy atom. The van der Waals surface area contributed by atoms with E-state index in [2.05, 4.69) is 47.1 Å². The zero-order valence-electron chi connectivity index (χ0n) is 22.6. The number of rotatable bonds is 9. The minimum Gasteiger partial charge on any atom is -0.480 e. The van der Waals surface area contributed by atoms with E-state index in [1.165, 1.54) is 23.5 Å². The number of hydrogen-bond acceptors (Lipinski definition) is 9. The van der Waals surface area contributed by atoms with Crippen molar-refractivity contribution < 1.29 is 23.8 Å². The molecule has 5 rings (SSSR count). The number of amidine groups is 1. The molecule has 1 fully saturated rings. The molecule has 0 saturated carbocycles. The van der Waals surface area contributed by atoms with Gasteiger partial charge in [0.15, 0.2) is 10.8 Å². The number of hydrogen-bond donors (Lipinski definition) is 2. The van der Waals surface area contributed by atoms with Crippen LogP contribution in [-0.4, -0.2) is 77.0 Å². The van der Waals surface area contributed by atoms with Crippen molar-refractivity contribution in [1.29, 1.82) is 0 Å². The van der Waals surface area contributed by atoms with Crippen molar-refractivity contribution in [2.24, 2.45) is 4.99 Å². The van der Waals surface area contributed by atoms with Crippen molar-refractivity contribution in [2.75, 3.05) is 39.3 Å². The lowest BCUT2D eigenvalue weighted by atomic mass is 9.95. The van der Waals surface area contributed by atoms with Gasteiger partial charge in [0.05, 0.1) is 12.2 Å². The van der Waals surface area contributed by atoms with Crippen LogP contribution in [0.15, 0.2) is 79.2 Å². The average Bonchev–Trinajstić information content (AvgIpc) is 3.50. The van der Waals surface area contributed by atoms with Crippen LogP contribution in [0.25, 0.3) is 0 Å². The predicted octanol–water partition coefficient (Wildman–Crippen LogP) is 5.16. The van der Waals surface area contributed by atoms with Crippen LogP contribution in [-0.2, 0) is 14.3 Å². The van der Waals surface area contributed by atoms with Crippen LogP contribution >= 0.6 is 43.2 Å². The maximum absolute atomic E-state index is 14.0. The SMILES string of the molecule is CCOC(=O)C1=C(CN2CCN(C(C(=O)O)c3ccc(Br)cc3)CC2)NC(c2nccs2)=NC1c1ccc(F)cc1Br. The molecule has 2 N–H and O–H groups in total. The third kappa shape index (κ3) is 6.81. The van der Waals surface area contributed by atoms with Gasteiger partial charge in [-0.1, -0.05) is 50.1 Å². The number of carboxylic acids is 1. The Labute approximate surface area is 263 Å². The smallest absolute Gasteiger partial charge is 0.338 e. The number of halogens is 3. The molecule has 2 aliphatic heterocycles. The first-order valence-electron chi connectivity index (χ1n) is 13.3. The fraction of sp³-hybridized carbons (Fsp3) is 0.310. The number of esters is 1. The van der Waals surface area contributed by atoms with Crippen LogP contribution in [0.2, 0.25) is 0 Å². The molecule has 42 heavy (non-hydrogen) atoms. The summed E-state index contributed by atoms with van der Waals surface area (Å²) < 4.78 is 20.8. The highest BCUT2D eigenvalue weighted by Gasteiger charge is 2.36. The number of carbonyl (C=O) groups is 2. The molecule has 0 bridgehead atoms. The standard InChI is InChI=1S/C29H28Br2FN5O4S/c1-2-41-29(40)23-22(16-36-10-12-37(13-11-36)25(28(38)39)17-3-5-18(30)6-4-17)34-26(27-33-9-14-42-27)35-24(23)20-8-7-19(32)15-21(20)31/h3-9,14-15,24-25H,2,10-13,16H2,1H3,(H,34,35)(H,38,39). The van der Waals surface area contributed by atoms with E-state index in [-0.39, 0.29) is 6.61 Å². The molecule has 220 valence electrons. The number of nitrogens with one attached hydrogen (secondary N) is 1. The summed E-state index contributed by atoms with van der Waals surface area (Å²) in [7, 11) is 0. The van der Waals surface area contributed by atoms with Crippen LogP contribution in [0.1, 0.15) is 35.1 Å². The fourth-order valence-corrected chi connectivity index (χ4v) is 6.54. The van der Waals surface area contributed by atoms with E-state index < -0.39 is 29.8 Å². The number of aliphatic carboxylic acids is 1. The molecule has 0 radical (unpaired) electrons. The minimum absolute atomic E-state index is 0.182. The number of thiazole rings is 1. The topological polar surface area (TPSA) is 107 Å². The average molecular weight is 721 g/mol. The van der Waals surface area contributed by atoms with Crippen molar-refractivity contribution >= 4 is 61.0 Å². The van der Waals surface area contributed by atoms with Crippen molar-refractivity contribution in [1.82, 2.24) is 20.1 Å². The first-order valence-corrected chi connectivity index (χ1v) is 15.8. The van der Waals surface area contributed by atoms with Gasteiger partial charge in [0.1, 0.15) is 17.9 Å². The minimum atomic E-state index is -0.899. The summed E-state index contributed by atoms with van der Waals surface area (Å²) in [5, 5.41) is 15.9. The van der Waals surface area contributed by atoms with Gasteiger partial charge in [-0.15, -0.1) is 11.3 Å². The zero-order chi connectivity index (χ0) is 29.8.